The van der Waals surface area contributed by atoms with Crippen LogP contribution in [-0.2, 0) is 9.53 Å². The van der Waals surface area contributed by atoms with Gasteiger partial charge in [0.05, 0.1) is 17.9 Å². The van der Waals surface area contributed by atoms with Crippen molar-refractivity contribution in [3.63, 3.8) is 0 Å². The van der Waals surface area contributed by atoms with E-state index in [9.17, 15) is 13.6 Å². The van der Waals surface area contributed by atoms with Gasteiger partial charge in [-0.1, -0.05) is 23.5 Å². The lowest BCUT2D eigenvalue weighted by molar-refractivity contribution is -0.120. The Morgan fingerprint density at radius 3 is 2.84 bits per heavy atom. The van der Waals surface area contributed by atoms with Crippen LogP contribution >= 0.6 is 11.3 Å². The number of ether oxygens (including phenoxy) is 2. The smallest absolute Gasteiger partial charge is 0.266 e. The molecule has 0 atom stereocenters. The van der Waals surface area contributed by atoms with E-state index in [1.165, 1.54) is 11.0 Å². The molecule has 0 spiro atoms. The number of nitrogens with zero attached hydrogens (tertiary/aromatic N) is 3. The summed E-state index contributed by atoms with van der Waals surface area (Å²) in [4.78, 5) is 21.0. The van der Waals surface area contributed by atoms with E-state index in [0.717, 1.165) is 36.1 Å². The highest BCUT2D eigenvalue weighted by Crippen LogP contribution is 2.31. The third-order valence-electron chi connectivity index (χ3n) is 5.03. The Balaban J connectivity index is 1.54. The summed E-state index contributed by atoms with van der Waals surface area (Å²) in [5.74, 6) is -1.11. The van der Waals surface area contributed by atoms with Crippen molar-refractivity contribution in [2.75, 3.05) is 50.9 Å². The molecule has 0 radical (unpaired) electrons. The van der Waals surface area contributed by atoms with Crippen molar-refractivity contribution in [2.24, 2.45) is 0 Å². The summed E-state index contributed by atoms with van der Waals surface area (Å²) in [6.45, 7) is 5.60. The number of aromatic nitrogens is 1. The number of halogens is 2. The lowest BCUT2D eigenvalue weighted by Crippen LogP contribution is -2.44. The molecule has 0 bridgehead atoms. The highest BCUT2D eigenvalue weighted by Gasteiger charge is 2.23. The minimum absolute atomic E-state index is 0.0603. The monoisotopic (exact) mass is 447 g/mol. The number of anilines is 1. The van der Waals surface area contributed by atoms with E-state index in [1.54, 1.807) is 6.07 Å². The maximum atomic E-state index is 14.2. The van der Waals surface area contributed by atoms with E-state index in [4.69, 9.17) is 9.47 Å². The van der Waals surface area contributed by atoms with Crippen LogP contribution < -0.4 is 9.64 Å². The summed E-state index contributed by atoms with van der Waals surface area (Å²) in [6, 6.07) is 9.46. The number of thiazole rings is 1. The van der Waals surface area contributed by atoms with Crippen molar-refractivity contribution in [1.82, 2.24) is 9.88 Å². The van der Waals surface area contributed by atoms with E-state index in [2.05, 4.69) is 9.88 Å². The highest BCUT2D eigenvalue weighted by atomic mass is 32.1. The Bertz CT molecular complexity index is 1070. The first-order valence-corrected chi connectivity index (χ1v) is 10.9. The topological polar surface area (TPSA) is 54.9 Å². The number of fused-ring (bicyclic) bond motifs is 1. The molecule has 1 saturated heterocycles. The number of rotatable bonds is 7. The van der Waals surface area contributed by atoms with Crippen LogP contribution in [0.15, 0.2) is 36.4 Å². The van der Waals surface area contributed by atoms with Gasteiger partial charge in [0.15, 0.2) is 17.6 Å². The van der Waals surface area contributed by atoms with E-state index < -0.39 is 11.6 Å². The Labute approximate surface area is 183 Å². The second-order valence-corrected chi connectivity index (χ2v) is 8.34. The zero-order valence-corrected chi connectivity index (χ0v) is 18.0. The van der Waals surface area contributed by atoms with Crippen LogP contribution in [0.1, 0.15) is 5.56 Å². The molecule has 1 fully saturated rings. The van der Waals surface area contributed by atoms with Crippen molar-refractivity contribution in [1.29, 1.82) is 0 Å². The highest BCUT2D eigenvalue weighted by molar-refractivity contribution is 7.22. The van der Waals surface area contributed by atoms with Gasteiger partial charge in [-0.25, -0.2) is 13.8 Å². The van der Waals surface area contributed by atoms with Crippen molar-refractivity contribution in [3.05, 3.63) is 53.6 Å². The quantitative estimate of drug-likeness (QED) is 0.554. The lowest BCUT2D eigenvalue weighted by Gasteiger charge is -2.29. The van der Waals surface area contributed by atoms with Crippen LogP contribution in [0.4, 0.5) is 13.9 Å². The van der Waals surface area contributed by atoms with E-state index in [0.29, 0.717) is 41.9 Å². The number of carbonyl (C=O) groups excluding carboxylic acids is 1. The molecular weight excluding hydrogens is 424 g/mol. The molecule has 1 amide bonds. The van der Waals surface area contributed by atoms with Gasteiger partial charge in [-0.2, -0.15) is 0 Å². The van der Waals surface area contributed by atoms with Crippen molar-refractivity contribution >= 4 is 32.6 Å². The van der Waals surface area contributed by atoms with Gasteiger partial charge in [-0.3, -0.25) is 14.6 Å². The van der Waals surface area contributed by atoms with Crippen molar-refractivity contribution < 1.29 is 23.0 Å². The molecule has 0 unspecified atom stereocenters. The third kappa shape index (κ3) is 5.36. The molecule has 4 rings (SSSR count). The normalized spacial score (nSPS) is 14.7. The molecule has 2 aromatic carbocycles. The number of morpholine rings is 1. The summed E-state index contributed by atoms with van der Waals surface area (Å²) in [5.41, 5.74) is 1.09. The molecule has 0 saturated carbocycles. The molecule has 0 N–H and O–H groups in total. The average Bonchev–Trinajstić information content (AvgIpc) is 3.17. The second kappa shape index (κ2) is 9.67. The fourth-order valence-electron chi connectivity index (χ4n) is 3.38. The molecule has 1 aromatic heterocycles. The number of hydrogen-bond donors (Lipinski definition) is 0. The largest absolute Gasteiger partial charge is 0.484 e. The molecule has 0 aliphatic carbocycles. The SMILES string of the molecule is Cc1cccc(OCC(=O)N(CCN2CCOCC2)c2nc3c(F)cc(F)cc3s2)c1. The van der Waals surface area contributed by atoms with Gasteiger partial charge < -0.3 is 9.47 Å². The summed E-state index contributed by atoms with van der Waals surface area (Å²) in [5, 5.41) is 0.325. The number of aryl methyl sites for hydroxylation is 1. The number of benzene rings is 2. The Morgan fingerprint density at radius 2 is 2.06 bits per heavy atom. The molecule has 31 heavy (non-hydrogen) atoms. The minimum atomic E-state index is -0.742. The third-order valence-corrected chi connectivity index (χ3v) is 6.05. The van der Waals surface area contributed by atoms with Gasteiger partial charge in [0.2, 0.25) is 0 Å². The predicted octanol–water partition coefficient (Wildman–Crippen LogP) is 3.63. The van der Waals surface area contributed by atoms with E-state index >= 15 is 0 Å². The van der Waals surface area contributed by atoms with E-state index in [-0.39, 0.29) is 18.0 Å². The molecule has 3 aromatic rings. The zero-order chi connectivity index (χ0) is 21.8. The fraction of sp³-hybridized carbons (Fsp3) is 0.364. The van der Waals surface area contributed by atoms with Crippen LogP contribution in [-0.4, -0.2) is 61.8 Å². The van der Waals surface area contributed by atoms with Crippen molar-refractivity contribution in [2.45, 2.75) is 6.92 Å². The summed E-state index contributed by atoms with van der Waals surface area (Å²) in [7, 11) is 0. The zero-order valence-electron chi connectivity index (χ0n) is 17.1. The summed E-state index contributed by atoms with van der Waals surface area (Å²) < 4.78 is 39.2. The standard InChI is InChI=1S/C22H23F2N3O3S/c1-15-3-2-4-17(11-15)30-14-20(28)27(6-5-26-7-9-29-10-8-26)22-25-21-18(24)12-16(23)13-19(21)31-22/h2-4,11-13H,5-10,14H2,1H3. The molecule has 1 aliphatic rings. The van der Waals surface area contributed by atoms with Gasteiger partial charge in [0.25, 0.3) is 5.91 Å². The maximum absolute atomic E-state index is 14.2. The van der Waals surface area contributed by atoms with Crippen LogP contribution in [0, 0.1) is 18.6 Å². The molecule has 9 heteroatoms. The van der Waals surface area contributed by atoms with Crippen LogP contribution in [0.2, 0.25) is 0 Å². The van der Waals surface area contributed by atoms with Crippen LogP contribution in [0.3, 0.4) is 0 Å². The lowest BCUT2D eigenvalue weighted by atomic mass is 10.2. The fourth-order valence-corrected chi connectivity index (χ4v) is 4.43. The first-order valence-electron chi connectivity index (χ1n) is 10.0. The number of hydrogen-bond acceptors (Lipinski definition) is 6. The van der Waals surface area contributed by atoms with E-state index in [1.807, 2.05) is 25.1 Å². The summed E-state index contributed by atoms with van der Waals surface area (Å²) in [6.07, 6.45) is 0. The Morgan fingerprint density at radius 1 is 1.26 bits per heavy atom. The Hall–Kier alpha value is -2.62. The number of amides is 1. The average molecular weight is 448 g/mol. The van der Waals surface area contributed by atoms with Crippen LogP contribution in [0.5, 0.6) is 5.75 Å². The Kier molecular flexibility index (Phi) is 6.74. The molecular formula is C22H23F2N3O3S. The van der Waals surface area contributed by atoms with Gasteiger partial charge in [0.1, 0.15) is 17.1 Å². The molecule has 6 nitrogen and oxygen atoms in total. The van der Waals surface area contributed by atoms with Gasteiger partial charge in [-0.05, 0) is 30.7 Å². The summed E-state index contributed by atoms with van der Waals surface area (Å²) >= 11 is 1.09. The van der Waals surface area contributed by atoms with Gasteiger partial charge in [-0.15, -0.1) is 0 Å². The second-order valence-electron chi connectivity index (χ2n) is 7.34. The maximum Gasteiger partial charge on any atom is 0.266 e. The number of carbonyl (C=O) groups is 1. The molecule has 164 valence electrons. The molecule has 1 aliphatic heterocycles. The van der Waals surface area contributed by atoms with Gasteiger partial charge in [0, 0.05) is 32.2 Å². The molecule has 2 heterocycles. The van der Waals surface area contributed by atoms with Crippen LogP contribution in [0.25, 0.3) is 10.2 Å². The van der Waals surface area contributed by atoms with Gasteiger partial charge >= 0.3 is 0 Å². The predicted molar refractivity (Wildman–Crippen MR) is 116 cm³/mol. The minimum Gasteiger partial charge on any atom is -0.484 e. The first kappa shape index (κ1) is 21.6. The first-order chi connectivity index (χ1) is 15.0. The van der Waals surface area contributed by atoms with Crippen molar-refractivity contribution in [3.8, 4) is 5.75 Å².